The standard InChI is InChI=1S/C22H34N2O3/c1-22(2,3)27-21(25)24-10-8-19(9-11-24)16-18-4-6-20(7-5-18)17-23-12-14-26-15-13-23/h4-7,19H,8-17H2,1-3H3. The Labute approximate surface area is 163 Å². The summed E-state index contributed by atoms with van der Waals surface area (Å²) in [6.45, 7) is 12.1. The number of carbonyl (C=O) groups is 1. The van der Waals surface area contributed by atoms with Crippen LogP contribution in [0, 0.1) is 5.92 Å². The van der Waals surface area contributed by atoms with Crippen molar-refractivity contribution in [1.29, 1.82) is 0 Å². The zero-order valence-electron chi connectivity index (χ0n) is 17.1. The van der Waals surface area contributed by atoms with Gasteiger partial charge < -0.3 is 14.4 Å². The number of nitrogens with zero attached hydrogens (tertiary/aromatic N) is 2. The van der Waals surface area contributed by atoms with Crippen molar-refractivity contribution in [2.75, 3.05) is 39.4 Å². The molecule has 3 rings (SSSR count). The van der Waals surface area contributed by atoms with Crippen LogP contribution < -0.4 is 0 Å². The zero-order valence-corrected chi connectivity index (χ0v) is 17.1. The lowest BCUT2D eigenvalue weighted by Gasteiger charge is -2.33. The molecule has 2 aliphatic heterocycles. The van der Waals surface area contributed by atoms with E-state index in [9.17, 15) is 4.79 Å². The third kappa shape index (κ3) is 6.51. The highest BCUT2D eigenvalue weighted by atomic mass is 16.6. The molecule has 0 N–H and O–H groups in total. The van der Waals surface area contributed by atoms with Gasteiger partial charge in [0.2, 0.25) is 0 Å². The Bertz CT molecular complexity index is 595. The second kappa shape index (κ2) is 9.07. The monoisotopic (exact) mass is 374 g/mol. The lowest BCUT2D eigenvalue weighted by Crippen LogP contribution is -2.42. The SMILES string of the molecule is CC(C)(C)OC(=O)N1CCC(Cc2ccc(CN3CCOCC3)cc2)CC1. The van der Waals surface area contributed by atoms with Crippen molar-refractivity contribution < 1.29 is 14.3 Å². The fourth-order valence-electron chi connectivity index (χ4n) is 3.78. The van der Waals surface area contributed by atoms with Gasteiger partial charge in [-0.3, -0.25) is 4.90 Å². The number of piperidine rings is 1. The van der Waals surface area contributed by atoms with Crippen LogP contribution in [0.25, 0.3) is 0 Å². The summed E-state index contributed by atoms with van der Waals surface area (Å²) in [6, 6.07) is 9.08. The highest BCUT2D eigenvalue weighted by molar-refractivity contribution is 5.68. The van der Waals surface area contributed by atoms with E-state index >= 15 is 0 Å². The second-order valence-corrected chi connectivity index (χ2v) is 8.82. The van der Waals surface area contributed by atoms with Crippen molar-refractivity contribution in [3.63, 3.8) is 0 Å². The van der Waals surface area contributed by atoms with E-state index in [0.717, 1.165) is 65.2 Å². The van der Waals surface area contributed by atoms with Gasteiger partial charge in [-0.05, 0) is 57.1 Å². The van der Waals surface area contributed by atoms with Crippen molar-refractivity contribution in [1.82, 2.24) is 9.80 Å². The Morgan fingerprint density at radius 1 is 1.04 bits per heavy atom. The molecular weight excluding hydrogens is 340 g/mol. The maximum absolute atomic E-state index is 12.2. The normalized spacial score (nSPS) is 19.9. The van der Waals surface area contributed by atoms with Gasteiger partial charge in [0.1, 0.15) is 5.60 Å². The molecule has 0 saturated carbocycles. The Morgan fingerprint density at radius 3 is 2.22 bits per heavy atom. The van der Waals surface area contributed by atoms with E-state index < -0.39 is 5.60 Å². The van der Waals surface area contributed by atoms with Crippen LogP contribution in [-0.4, -0.2) is 60.9 Å². The average Bonchev–Trinajstić information content (AvgIpc) is 2.63. The summed E-state index contributed by atoms with van der Waals surface area (Å²) in [4.78, 5) is 16.5. The molecule has 27 heavy (non-hydrogen) atoms. The fraction of sp³-hybridized carbons (Fsp3) is 0.682. The van der Waals surface area contributed by atoms with Crippen molar-refractivity contribution in [2.45, 2.75) is 52.2 Å². The predicted molar refractivity (Wildman–Crippen MR) is 107 cm³/mol. The first-order valence-corrected chi connectivity index (χ1v) is 10.2. The molecule has 0 aromatic heterocycles. The molecule has 0 radical (unpaired) electrons. The van der Waals surface area contributed by atoms with E-state index in [2.05, 4.69) is 29.2 Å². The topological polar surface area (TPSA) is 42.0 Å². The lowest BCUT2D eigenvalue weighted by molar-refractivity contribution is 0.0184. The van der Waals surface area contributed by atoms with Gasteiger partial charge in [0, 0.05) is 32.7 Å². The zero-order chi connectivity index (χ0) is 19.3. The molecule has 1 aromatic carbocycles. The van der Waals surface area contributed by atoms with Gasteiger partial charge in [0.15, 0.2) is 0 Å². The highest BCUT2D eigenvalue weighted by Gasteiger charge is 2.26. The van der Waals surface area contributed by atoms with Crippen molar-refractivity contribution in [3.05, 3.63) is 35.4 Å². The quantitative estimate of drug-likeness (QED) is 0.806. The van der Waals surface area contributed by atoms with E-state index in [1.807, 2.05) is 25.7 Å². The van der Waals surface area contributed by atoms with Gasteiger partial charge in [-0.15, -0.1) is 0 Å². The fourth-order valence-corrected chi connectivity index (χ4v) is 3.78. The third-order valence-electron chi connectivity index (χ3n) is 5.32. The summed E-state index contributed by atoms with van der Waals surface area (Å²) >= 11 is 0. The number of morpholine rings is 1. The number of carbonyl (C=O) groups excluding carboxylic acids is 1. The summed E-state index contributed by atoms with van der Waals surface area (Å²) in [5, 5.41) is 0. The van der Waals surface area contributed by atoms with Gasteiger partial charge in [-0.1, -0.05) is 24.3 Å². The van der Waals surface area contributed by atoms with Gasteiger partial charge in [-0.2, -0.15) is 0 Å². The van der Waals surface area contributed by atoms with Crippen LogP contribution in [0.5, 0.6) is 0 Å². The number of ether oxygens (including phenoxy) is 2. The summed E-state index contributed by atoms with van der Waals surface area (Å²) in [5.41, 5.74) is 2.36. The van der Waals surface area contributed by atoms with Crippen LogP contribution >= 0.6 is 0 Å². The molecular formula is C22H34N2O3. The first-order chi connectivity index (χ1) is 12.9. The van der Waals surface area contributed by atoms with Crippen LogP contribution in [0.4, 0.5) is 4.79 Å². The van der Waals surface area contributed by atoms with E-state index in [1.165, 1.54) is 11.1 Å². The number of likely N-dealkylation sites (tertiary alicyclic amines) is 1. The minimum atomic E-state index is -0.420. The first kappa shape index (κ1) is 20.2. The molecule has 2 saturated heterocycles. The smallest absolute Gasteiger partial charge is 0.410 e. The molecule has 0 aliphatic carbocycles. The Kier molecular flexibility index (Phi) is 6.77. The van der Waals surface area contributed by atoms with E-state index in [1.54, 1.807) is 0 Å². The molecule has 5 nitrogen and oxygen atoms in total. The van der Waals surface area contributed by atoms with E-state index in [0.29, 0.717) is 5.92 Å². The predicted octanol–water partition coefficient (Wildman–Crippen LogP) is 3.71. The molecule has 0 spiro atoms. The number of rotatable bonds is 4. The van der Waals surface area contributed by atoms with Gasteiger partial charge in [0.25, 0.3) is 0 Å². The Hall–Kier alpha value is -1.59. The molecule has 2 fully saturated rings. The highest BCUT2D eigenvalue weighted by Crippen LogP contribution is 2.23. The lowest BCUT2D eigenvalue weighted by atomic mass is 9.90. The summed E-state index contributed by atoms with van der Waals surface area (Å²) < 4.78 is 10.9. The number of hydrogen-bond acceptors (Lipinski definition) is 4. The van der Waals surface area contributed by atoms with Crippen LogP contribution in [0.15, 0.2) is 24.3 Å². The molecule has 1 aromatic rings. The maximum Gasteiger partial charge on any atom is 0.410 e. The van der Waals surface area contributed by atoms with E-state index in [-0.39, 0.29) is 6.09 Å². The molecule has 0 bridgehead atoms. The second-order valence-electron chi connectivity index (χ2n) is 8.82. The minimum Gasteiger partial charge on any atom is -0.444 e. The van der Waals surface area contributed by atoms with E-state index in [4.69, 9.17) is 9.47 Å². The molecule has 1 amide bonds. The molecule has 2 heterocycles. The molecule has 2 aliphatic rings. The van der Waals surface area contributed by atoms with Crippen molar-refractivity contribution >= 4 is 6.09 Å². The van der Waals surface area contributed by atoms with Crippen molar-refractivity contribution in [2.24, 2.45) is 5.92 Å². The molecule has 150 valence electrons. The van der Waals surface area contributed by atoms with Crippen LogP contribution in [-0.2, 0) is 22.4 Å². The summed E-state index contributed by atoms with van der Waals surface area (Å²) in [5.74, 6) is 0.647. The minimum absolute atomic E-state index is 0.173. The first-order valence-electron chi connectivity index (χ1n) is 10.2. The molecule has 0 unspecified atom stereocenters. The molecule has 0 atom stereocenters. The maximum atomic E-state index is 12.2. The molecule has 5 heteroatoms. The number of benzene rings is 1. The Morgan fingerprint density at radius 2 is 1.63 bits per heavy atom. The van der Waals surface area contributed by atoms with Gasteiger partial charge in [0.05, 0.1) is 13.2 Å². The number of amides is 1. The van der Waals surface area contributed by atoms with Crippen LogP contribution in [0.2, 0.25) is 0 Å². The average molecular weight is 375 g/mol. The van der Waals surface area contributed by atoms with Crippen molar-refractivity contribution in [3.8, 4) is 0 Å². The van der Waals surface area contributed by atoms with Gasteiger partial charge >= 0.3 is 6.09 Å². The number of hydrogen-bond donors (Lipinski definition) is 0. The summed E-state index contributed by atoms with van der Waals surface area (Å²) in [6.07, 6.45) is 3.03. The van der Waals surface area contributed by atoms with Crippen LogP contribution in [0.1, 0.15) is 44.7 Å². The largest absolute Gasteiger partial charge is 0.444 e. The van der Waals surface area contributed by atoms with Gasteiger partial charge in [-0.25, -0.2) is 4.79 Å². The summed E-state index contributed by atoms with van der Waals surface area (Å²) in [7, 11) is 0. The Balaban J connectivity index is 1.43. The third-order valence-corrected chi connectivity index (χ3v) is 5.32. The van der Waals surface area contributed by atoms with Crippen LogP contribution in [0.3, 0.4) is 0 Å².